The van der Waals surface area contributed by atoms with Gasteiger partial charge in [-0.1, -0.05) is 11.1 Å². The molecule has 0 radical (unpaired) electrons. The minimum Gasteiger partial charge on any atom is -0.338 e. The number of rotatable bonds is 4. The van der Waals surface area contributed by atoms with Crippen molar-refractivity contribution in [1.82, 2.24) is 15.5 Å². The molecule has 1 N–H and O–H groups in total. The summed E-state index contributed by atoms with van der Waals surface area (Å²) in [5.74, 6) is 3.62. The molecule has 0 aromatic carbocycles. The molecule has 82 valence electrons. The van der Waals surface area contributed by atoms with Gasteiger partial charge in [-0.2, -0.15) is 4.98 Å². The number of thiophene rings is 1. The van der Waals surface area contributed by atoms with Gasteiger partial charge >= 0.3 is 0 Å². The molecule has 0 bridgehead atoms. The first-order valence-corrected chi connectivity index (χ1v) is 6.13. The highest BCUT2D eigenvalue weighted by Gasteiger charge is 2.09. The van der Waals surface area contributed by atoms with Crippen LogP contribution in [0.15, 0.2) is 20.4 Å². The number of hydrogen-bond donors (Lipinski definition) is 1. The number of halogens is 1. The Balaban J connectivity index is 2.05. The van der Waals surface area contributed by atoms with Crippen molar-refractivity contribution in [2.45, 2.75) is 6.54 Å². The van der Waals surface area contributed by atoms with Gasteiger partial charge in [0.1, 0.15) is 0 Å². The second kappa shape index (κ2) is 5.25. The Morgan fingerprint density at radius 2 is 2.44 bits per heavy atom. The van der Waals surface area contributed by atoms with Gasteiger partial charge in [-0.3, -0.25) is 5.32 Å². The lowest BCUT2D eigenvalue weighted by Gasteiger charge is -1.91. The first-order valence-electron chi connectivity index (χ1n) is 4.52. The number of terminal acetylenes is 1. The Morgan fingerprint density at radius 1 is 1.56 bits per heavy atom. The van der Waals surface area contributed by atoms with Crippen LogP contribution >= 0.6 is 27.3 Å². The van der Waals surface area contributed by atoms with Crippen LogP contribution in [-0.2, 0) is 6.54 Å². The van der Waals surface area contributed by atoms with Gasteiger partial charge in [0.15, 0.2) is 0 Å². The number of nitrogens with zero attached hydrogens (tertiary/aromatic N) is 2. The zero-order valence-electron chi connectivity index (χ0n) is 8.24. The van der Waals surface area contributed by atoms with Crippen LogP contribution in [0, 0.1) is 12.3 Å². The number of nitrogens with one attached hydrogen (secondary N) is 1. The normalized spacial score (nSPS) is 10.2. The van der Waals surface area contributed by atoms with Crippen LogP contribution in [-0.4, -0.2) is 16.7 Å². The van der Waals surface area contributed by atoms with Crippen molar-refractivity contribution in [1.29, 1.82) is 0 Å². The van der Waals surface area contributed by atoms with Crippen LogP contribution in [0.4, 0.5) is 0 Å². The van der Waals surface area contributed by atoms with Crippen LogP contribution < -0.4 is 5.32 Å². The lowest BCUT2D eigenvalue weighted by Crippen LogP contribution is -2.13. The molecule has 0 aliphatic heterocycles. The van der Waals surface area contributed by atoms with Gasteiger partial charge in [0.05, 0.1) is 21.8 Å². The summed E-state index contributed by atoms with van der Waals surface area (Å²) in [4.78, 5) is 5.22. The maximum atomic E-state index is 5.11. The van der Waals surface area contributed by atoms with E-state index >= 15 is 0 Å². The van der Waals surface area contributed by atoms with Crippen LogP contribution in [0.2, 0.25) is 0 Å². The molecule has 2 rings (SSSR count). The van der Waals surface area contributed by atoms with E-state index in [1.165, 1.54) is 0 Å². The van der Waals surface area contributed by atoms with E-state index in [4.69, 9.17) is 10.9 Å². The molecule has 0 aliphatic carbocycles. The highest BCUT2D eigenvalue weighted by Crippen LogP contribution is 2.29. The zero-order chi connectivity index (χ0) is 11.4. The van der Waals surface area contributed by atoms with Gasteiger partial charge in [-0.05, 0) is 28.1 Å². The van der Waals surface area contributed by atoms with Crippen molar-refractivity contribution in [3.63, 3.8) is 0 Å². The van der Waals surface area contributed by atoms with Crippen LogP contribution in [0.25, 0.3) is 10.7 Å². The second-order valence-corrected chi connectivity index (χ2v) is 5.39. The van der Waals surface area contributed by atoms with Gasteiger partial charge in [0, 0.05) is 0 Å². The minimum atomic E-state index is 0.488. The highest BCUT2D eigenvalue weighted by molar-refractivity contribution is 9.11. The molecule has 2 aromatic rings. The lowest BCUT2D eigenvalue weighted by molar-refractivity contribution is 0.371. The van der Waals surface area contributed by atoms with Crippen LogP contribution in [0.5, 0.6) is 0 Å². The molecule has 6 heteroatoms. The summed E-state index contributed by atoms with van der Waals surface area (Å²) in [7, 11) is 0. The van der Waals surface area contributed by atoms with Crippen LogP contribution in [0.3, 0.4) is 0 Å². The lowest BCUT2D eigenvalue weighted by atomic mass is 10.4. The van der Waals surface area contributed by atoms with Gasteiger partial charge in [0.2, 0.25) is 11.7 Å². The van der Waals surface area contributed by atoms with E-state index in [1.54, 1.807) is 11.3 Å². The van der Waals surface area contributed by atoms with E-state index in [9.17, 15) is 0 Å². The average Bonchev–Trinajstić information content (AvgIpc) is 2.87. The Kier molecular flexibility index (Phi) is 3.72. The summed E-state index contributed by atoms with van der Waals surface area (Å²) in [6, 6.07) is 3.89. The third-order valence-corrected chi connectivity index (χ3v) is 3.38. The van der Waals surface area contributed by atoms with E-state index in [0.29, 0.717) is 24.8 Å². The Bertz CT molecular complexity index is 514. The monoisotopic (exact) mass is 297 g/mol. The van der Waals surface area contributed by atoms with Crippen molar-refractivity contribution in [3.05, 3.63) is 21.8 Å². The summed E-state index contributed by atoms with van der Waals surface area (Å²) in [5.41, 5.74) is 0. The van der Waals surface area contributed by atoms with Crippen molar-refractivity contribution in [2.75, 3.05) is 6.54 Å². The molecular weight excluding hydrogens is 290 g/mol. The molecule has 0 fully saturated rings. The number of hydrogen-bond acceptors (Lipinski definition) is 5. The Hall–Kier alpha value is -1.16. The zero-order valence-corrected chi connectivity index (χ0v) is 10.6. The highest BCUT2D eigenvalue weighted by atomic mass is 79.9. The summed E-state index contributed by atoms with van der Waals surface area (Å²) >= 11 is 4.95. The number of aromatic nitrogens is 2. The molecule has 16 heavy (non-hydrogen) atoms. The third-order valence-electron chi connectivity index (χ3n) is 1.76. The third kappa shape index (κ3) is 2.70. The quantitative estimate of drug-likeness (QED) is 0.695. The largest absolute Gasteiger partial charge is 0.338 e. The SMILES string of the molecule is C#CCNCc1nc(-c2ccc(Br)s2)no1. The molecule has 0 atom stereocenters. The van der Waals surface area contributed by atoms with Gasteiger partial charge in [-0.25, -0.2) is 0 Å². The summed E-state index contributed by atoms with van der Waals surface area (Å²) in [6.07, 6.45) is 5.11. The van der Waals surface area contributed by atoms with Crippen molar-refractivity contribution < 1.29 is 4.52 Å². The Morgan fingerprint density at radius 3 is 3.12 bits per heavy atom. The van der Waals surface area contributed by atoms with Crippen molar-refractivity contribution in [3.8, 4) is 23.0 Å². The fraction of sp³-hybridized carbons (Fsp3) is 0.200. The van der Waals surface area contributed by atoms with Gasteiger partial charge in [-0.15, -0.1) is 17.8 Å². The predicted octanol–water partition coefficient (Wildman–Crippen LogP) is 2.28. The predicted molar refractivity (Wildman–Crippen MR) is 65.9 cm³/mol. The molecule has 0 amide bonds. The first-order chi connectivity index (χ1) is 7.79. The minimum absolute atomic E-state index is 0.488. The van der Waals surface area contributed by atoms with E-state index in [2.05, 4.69) is 37.3 Å². The molecule has 2 aromatic heterocycles. The molecule has 0 spiro atoms. The van der Waals surface area contributed by atoms with E-state index < -0.39 is 0 Å². The standard InChI is InChI=1S/C10H8BrN3OS/c1-2-5-12-6-9-13-10(14-15-9)7-3-4-8(11)16-7/h1,3-4,12H,5-6H2. The molecule has 2 heterocycles. The van der Waals surface area contributed by atoms with Crippen molar-refractivity contribution in [2.24, 2.45) is 0 Å². The molecule has 0 saturated carbocycles. The topological polar surface area (TPSA) is 51.0 Å². The summed E-state index contributed by atoms with van der Waals surface area (Å²) in [5, 5.41) is 6.87. The first kappa shape index (κ1) is 11.3. The van der Waals surface area contributed by atoms with Crippen LogP contribution in [0.1, 0.15) is 5.89 Å². The van der Waals surface area contributed by atoms with E-state index in [1.807, 2.05) is 12.1 Å². The molecule has 4 nitrogen and oxygen atoms in total. The maximum absolute atomic E-state index is 5.11. The molecular formula is C10H8BrN3OS. The summed E-state index contributed by atoms with van der Waals surface area (Å²) < 4.78 is 6.12. The summed E-state index contributed by atoms with van der Waals surface area (Å²) in [6.45, 7) is 0.978. The second-order valence-electron chi connectivity index (χ2n) is 2.92. The van der Waals surface area contributed by atoms with Gasteiger partial charge < -0.3 is 4.52 Å². The van der Waals surface area contributed by atoms with Crippen molar-refractivity contribution >= 4 is 27.3 Å². The smallest absolute Gasteiger partial charge is 0.240 e. The van der Waals surface area contributed by atoms with E-state index in [0.717, 1.165) is 8.66 Å². The average molecular weight is 298 g/mol. The molecule has 0 unspecified atom stereocenters. The fourth-order valence-electron chi connectivity index (χ4n) is 1.10. The molecule has 0 aliphatic rings. The maximum Gasteiger partial charge on any atom is 0.240 e. The van der Waals surface area contributed by atoms with Gasteiger partial charge in [0.25, 0.3) is 0 Å². The fourth-order valence-corrected chi connectivity index (χ4v) is 2.41. The Labute approximate surface area is 105 Å². The molecule has 0 saturated heterocycles. The van der Waals surface area contributed by atoms with E-state index in [-0.39, 0.29) is 0 Å².